The topological polar surface area (TPSA) is 43.4 Å². The van der Waals surface area contributed by atoms with Gasteiger partial charge in [-0.25, -0.2) is 4.18 Å². The van der Waals surface area contributed by atoms with Gasteiger partial charge in [-0.3, -0.25) is 0 Å². The van der Waals surface area contributed by atoms with Crippen LogP contribution in [0.4, 0.5) is 39.5 Å². The normalized spacial score (nSPS) is 20.3. The van der Waals surface area contributed by atoms with E-state index in [-0.39, 0.29) is 11.8 Å². The summed E-state index contributed by atoms with van der Waals surface area (Å²) >= 11 is -1.65. The van der Waals surface area contributed by atoms with Crippen molar-refractivity contribution in [3.63, 3.8) is 0 Å². The first kappa shape index (κ1) is 21.1. The Bertz CT molecular complexity index is 574. The lowest BCUT2D eigenvalue weighted by molar-refractivity contribution is -0.103. The zero-order chi connectivity index (χ0) is 18.5. The Morgan fingerprint density at radius 3 is 1.48 bits per heavy atom. The van der Waals surface area contributed by atoms with Crippen LogP contribution in [0.5, 0.6) is 0 Å². The summed E-state index contributed by atoms with van der Waals surface area (Å²) < 4.78 is 135. The van der Waals surface area contributed by atoms with Crippen LogP contribution in [0, 0.1) is 0 Å². The molecule has 0 aromatic rings. The third kappa shape index (κ3) is 4.58. The second-order valence-electron chi connectivity index (χ2n) is 3.55. The minimum atomic E-state index is -6.41. The molecule has 0 unspecified atom stereocenters. The highest BCUT2D eigenvalue weighted by atomic mass is 32.3. The molecule has 136 valence electrons. The number of thioether (sulfide) groups is 3. The van der Waals surface area contributed by atoms with Crippen LogP contribution in [-0.4, -0.2) is 36.1 Å². The zero-order valence-corrected chi connectivity index (χ0v) is 13.5. The van der Waals surface area contributed by atoms with Crippen molar-refractivity contribution in [1.82, 2.24) is 0 Å². The number of halogens is 9. The first-order valence-electron chi connectivity index (χ1n) is 4.79. The number of hydrogen-bond donors (Lipinski definition) is 0. The summed E-state index contributed by atoms with van der Waals surface area (Å²) in [5, 5.41) is 0. The third-order valence-corrected chi connectivity index (χ3v) is 7.93. The summed E-state index contributed by atoms with van der Waals surface area (Å²) in [5.74, 6) is 0. The van der Waals surface area contributed by atoms with Gasteiger partial charge in [-0.1, -0.05) is 23.5 Å². The molecule has 1 aliphatic heterocycles. The van der Waals surface area contributed by atoms with Gasteiger partial charge in [0, 0.05) is 0 Å². The minimum absolute atomic E-state index is 0.0546. The van der Waals surface area contributed by atoms with Crippen LogP contribution < -0.4 is 0 Å². The molecule has 0 fully saturated rings. The van der Waals surface area contributed by atoms with Crippen molar-refractivity contribution >= 4 is 45.4 Å². The fourth-order valence-electron chi connectivity index (χ4n) is 1.07. The Labute approximate surface area is 135 Å². The quantitative estimate of drug-likeness (QED) is 0.279. The van der Waals surface area contributed by atoms with E-state index in [1.54, 1.807) is 0 Å². The Balaban J connectivity index is 3.31. The van der Waals surface area contributed by atoms with Gasteiger partial charge < -0.3 is 0 Å². The summed E-state index contributed by atoms with van der Waals surface area (Å²) in [6, 6.07) is 0. The Morgan fingerprint density at radius 2 is 1.26 bits per heavy atom. The van der Waals surface area contributed by atoms with Gasteiger partial charge >= 0.3 is 28.0 Å². The lowest BCUT2D eigenvalue weighted by atomic mass is 10.4. The first-order chi connectivity index (χ1) is 9.95. The van der Waals surface area contributed by atoms with Crippen molar-refractivity contribution in [2.24, 2.45) is 0 Å². The van der Waals surface area contributed by atoms with E-state index < -0.39 is 64.9 Å². The molecule has 0 saturated carbocycles. The number of alkyl halides is 9. The van der Waals surface area contributed by atoms with E-state index in [2.05, 4.69) is 4.18 Å². The molecule has 1 heterocycles. The smallest absolute Gasteiger partial charge is 0.223 e. The average molecular weight is 434 g/mol. The van der Waals surface area contributed by atoms with Crippen LogP contribution in [0.15, 0.2) is 9.81 Å². The molecule has 0 bridgehead atoms. The monoisotopic (exact) mass is 434 g/mol. The highest BCUT2D eigenvalue weighted by molar-refractivity contribution is 8.37. The SMILES string of the molecule is CSC1(OS(=O)(=O)C(F)(F)F)SC(C(F)(F)F)=C(C(F)(F)F)S1. The summed E-state index contributed by atoms with van der Waals surface area (Å²) in [6.07, 6.45) is -10.3. The largest absolute Gasteiger partial charge is 0.523 e. The van der Waals surface area contributed by atoms with Gasteiger partial charge in [0.25, 0.3) is 0 Å². The molecule has 0 N–H and O–H groups in total. The van der Waals surface area contributed by atoms with Crippen LogP contribution in [0.2, 0.25) is 0 Å². The van der Waals surface area contributed by atoms with Crippen LogP contribution in [0.1, 0.15) is 0 Å². The molecule has 16 heteroatoms. The van der Waals surface area contributed by atoms with Crippen molar-refractivity contribution in [3.8, 4) is 0 Å². The van der Waals surface area contributed by atoms with Gasteiger partial charge in [0.1, 0.15) is 9.81 Å². The molecule has 0 atom stereocenters. The second kappa shape index (κ2) is 6.10. The number of hydrogen-bond acceptors (Lipinski definition) is 6. The van der Waals surface area contributed by atoms with Gasteiger partial charge in [-0.15, -0.1) is 11.8 Å². The molecule has 1 aliphatic rings. The minimum Gasteiger partial charge on any atom is -0.223 e. The van der Waals surface area contributed by atoms with E-state index in [9.17, 15) is 47.9 Å². The molecule has 0 saturated heterocycles. The van der Waals surface area contributed by atoms with E-state index in [0.717, 1.165) is 6.26 Å². The molecule has 0 radical (unpaired) electrons. The maximum atomic E-state index is 12.7. The molecule has 0 aliphatic carbocycles. The van der Waals surface area contributed by atoms with Gasteiger partial charge in [-0.05, 0) is 6.26 Å². The Kier molecular flexibility index (Phi) is 5.60. The molecule has 23 heavy (non-hydrogen) atoms. The fourth-order valence-corrected chi connectivity index (χ4v) is 6.02. The summed E-state index contributed by atoms with van der Waals surface area (Å²) in [7, 11) is -6.41. The lowest BCUT2D eigenvalue weighted by Gasteiger charge is -2.25. The highest BCUT2D eigenvalue weighted by Crippen LogP contribution is 2.66. The predicted octanol–water partition coefficient (Wildman–Crippen LogP) is 4.64. The molecule has 1 rings (SSSR count). The summed E-state index contributed by atoms with van der Waals surface area (Å²) in [4.78, 5) is -4.55. The second-order valence-corrected chi connectivity index (χ2v) is 9.22. The van der Waals surface area contributed by atoms with Crippen LogP contribution in [-0.2, 0) is 14.3 Å². The molecule has 0 spiro atoms. The van der Waals surface area contributed by atoms with Crippen molar-refractivity contribution in [1.29, 1.82) is 0 Å². The van der Waals surface area contributed by atoms with Gasteiger partial charge in [0.15, 0.2) is 0 Å². The van der Waals surface area contributed by atoms with E-state index in [1.165, 1.54) is 0 Å². The molecular weight excluding hydrogens is 431 g/mol. The summed E-state index contributed by atoms with van der Waals surface area (Å²) in [5.41, 5.74) is -6.00. The molecule has 3 nitrogen and oxygen atoms in total. The van der Waals surface area contributed by atoms with E-state index in [1.807, 2.05) is 0 Å². The summed E-state index contributed by atoms with van der Waals surface area (Å²) in [6.45, 7) is 0. The number of rotatable bonds is 3. The lowest BCUT2D eigenvalue weighted by Crippen LogP contribution is -2.32. The third-order valence-electron chi connectivity index (χ3n) is 1.92. The van der Waals surface area contributed by atoms with Crippen molar-refractivity contribution in [3.05, 3.63) is 9.81 Å². The van der Waals surface area contributed by atoms with Gasteiger partial charge in [-0.2, -0.15) is 47.9 Å². The van der Waals surface area contributed by atoms with Crippen LogP contribution in [0.3, 0.4) is 0 Å². The van der Waals surface area contributed by atoms with Crippen LogP contribution >= 0.6 is 35.3 Å². The Morgan fingerprint density at radius 1 is 0.913 bits per heavy atom. The molecule has 0 aromatic carbocycles. The van der Waals surface area contributed by atoms with Crippen molar-refractivity contribution < 1.29 is 52.1 Å². The van der Waals surface area contributed by atoms with Crippen molar-refractivity contribution in [2.75, 3.05) is 6.26 Å². The zero-order valence-electron chi connectivity index (χ0n) is 10.3. The van der Waals surface area contributed by atoms with Crippen LogP contribution in [0.25, 0.3) is 0 Å². The Hall–Kier alpha value is 0.0700. The standard InChI is InChI=1S/C7H3F9O3S4/c1-20-7(19-23(17,18)6(14,15)16)21-2(4(8,9)10)3(22-7)5(11,12)13/h1H3. The average Bonchev–Trinajstić information content (AvgIpc) is 2.67. The van der Waals surface area contributed by atoms with E-state index >= 15 is 0 Å². The van der Waals surface area contributed by atoms with Crippen molar-refractivity contribution in [2.45, 2.75) is 21.5 Å². The highest BCUT2D eigenvalue weighted by Gasteiger charge is 2.61. The van der Waals surface area contributed by atoms with E-state index in [0.29, 0.717) is 0 Å². The van der Waals surface area contributed by atoms with Gasteiger partial charge in [0.05, 0.1) is 0 Å². The number of allylic oxidation sites excluding steroid dienone is 2. The molecular formula is C7H3F9O3S4. The molecule has 0 aromatic heterocycles. The first-order valence-corrected chi connectivity index (χ1v) is 9.05. The maximum absolute atomic E-state index is 12.7. The predicted molar refractivity (Wildman–Crippen MR) is 66.6 cm³/mol. The molecule has 0 amide bonds. The van der Waals surface area contributed by atoms with Gasteiger partial charge in [0.2, 0.25) is 3.60 Å². The fraction of sp³-hybridized carbons (Fsp3) is 0.714. The maximum Gasteiger partial charge on any atom is 0.523 e. The van der Waals surface area contributed by atoms with E-state index in [4.69, 9.17) is 0 Å².